The average molecular weight is 325 g/mol. The van der Waals surface area contributed by atoms with Crippen LogP contribution in [-0.4, -0.2) is 9.97 Å². The minimum Gasteiger partial charge on any atom is -0.365 e. The summed E-state index contributed by atoms with van der Waals surface area (Å²) >= 11 is 0. The molecule has 4 rings (SSSR count). The van der Waals surface area contributed by atoms with Gasteiger partial charge in [0.15, 0.2) is 5.82 Å². The number of anilines is 1. The highest BCUT2D eigenvalue weighted by Gasteiger charge is 2.09. The lowest BCUT2D eigenvalue weighted by Crippen LogP contribution is -2.04. The minimum absolute atomic E-state index is 0.732. The fourth-order valence-electron chi connectivity index (χ4n) is 2.82. The van der Waals surface area contributed by atoms with Gasteiger partial charge in [-0.15, -0.1) is 0 Å². The molecule has 0 atom stereocenters. The quantitative estimate of drug-likeness (QED) is 0.559. The number of aromatic nitrogens is 2. The maximum atomic E-state index is 4.78. The molecule has 1 aromatic heterocycles. The molecule has 0 aliphatic carbocycles. The lowest BCUT2D eigenvalue weighted by Gasteiger charge is -2.11. The van der Waals surface area contributed by atoms with E-state index in [-0.39, 0.29) is 0 Å². The summed E-state index contributed by atoms with van der Waals surface area (Å²) in [5, 5.41) is 4.52. The van der Waals surface area contributed by atoms with E-state index >= 15 is 0 Å². The van der Waals surface area contributed by atoms with Crippen molar-refractivity contribution in [3.05, 3.63) is 90.0 Å². The van der Waals surface area contributed by atoms with Gasteiger partial charge in [-0.2, -0.15) is 0 Å². The lowest BCUT2D eigenvalue weighted by atomic mass is 10.1. The van der Waals surface area contributed by atoms with Gasteiger partial charge in [0, 0.05) is 17.5 Å². The van der Waals surface area contributed by atoms with Crippen LogP contribution in [0, 0.1) is 6.92 Å². The molecule has 0 aliphatic rings. The smallest absolute Gasteiger partial charge is 0.162 e. The highest BCUT2D eigenvalue weighted by atomic mass is 15.0. The van der Waals surface area contributed by atoms with Crippen LogP contribution in [0.15, 0.2) is 78.9 Å². The van der Waals surface area contributed by atoms with Crippen LogP contribution < -0.4 is 5.32 Å². The van der Waals surface area contributed by atoms with Crippen LogP contribution in [-0.2, 0) is 6.54 Å². The third-order valence-corrected chi connectivity index (χ3v) is 4.22. The lowest BCUT2D eigenvalue weighted by molar-refractivity contribution is 1.10. The fourth-order valence-corrected chi connectivity index (χ4v) is 2.82. The van der Waals surface area contributed by atoms with Crippen LogP contribution in [0.4, 0.5) is 5.82 Å². The minimum atomic E-state index is 0.732. The molecule has 0 saturated heterocycles. The molecule has 3 aromatic carbocycles. The Bertz CT molecular complexity index is 993. The number of benzene rings is 3. The van der Waals surface area contributed by atoms with Crippen LogP contribution in [0.25, 0.3) is 22.3 Å². The van der Waals surface area contributed by atoms with Crippen molar-refractivity contribution < 1.29 is 0 Å². The number of para-hydroxylation sites is 1. The maximum absolute atomic E-state index is 4.78. The SMILES string of the molecule is Cc1ccc(CNc2nc(-c3ccccc3)nc3ccccc23)cc1. The average Bonchev–Trinajstić information content (AvgIpc) is 2.68. The first-order valence-electron chi connectivity index (χ1n) is 8.41. The van der Waals surface area contributed by atoms with Gasteiger partial charge in [-0.1, -0.05) is 72.3 Å². The highest BCUT2D eigenvalue weighted by molar-refractivity contribution is 5.90. The summed E-state index contributed by atoms with van der Waals surface area (Å²) in [6, 6.07) is 26.7. The van der Waals surface area contributed by atoms with Gasteiger partial charge in [0.25, 0.3) is 0 Å². The summed E-state index contributed by atoms with van der Waals surface area (Å²) in [6.07, 6.45) is 0. The Hall–Kier alpha value is -3.20. The van der Waals surface area contributed by atoms with Crippen molar-refractivity contribution in [2.75, 3.05) is 5.32 Å². The maximum Gasteiger partial charge on any atom is 0.162 e. The third-order valence-electron chi connectivity index (χ3n) is 4.22. The molecule has 0 fully saturated rings. The molecule has 0 amide bonds. The van der Waals surface area contributed by atoms with Crippen molar-refractivity contribution in [2.24, 2.45) is 0 Å². The number of rotatable bonds is 4. The molecule has 0 aliphatic heterocycles. The summed E-state index contributed by atoms with van der Waals surface area (Å²) in [5.74, 6) is 1.61. The largest absolute Gasteiger partial charge is 0.365 e. The standard InChI is InChI=1S/C22H19N3/c1-16-11-13-17(14-12-16)15-23-22-19-9-5-6-10-20(19)24-21(25-22)18-7-3-2-4-8-18/h2-14H,15H2,1H3,(H,23,24,25). The summed E-state index contributed by atoms with van der Waals surface area (Å²) < 4.78 is 0. The molecule has 0 bridgehead atoms. The normalized spacial score (nSPS) is 10.8. The zero-order valence-electron chi connectivity index (χ0n) is 14.1. The van der Waals surface area contributed by atoms with Gasteiger partial charge in [-0.05, 0) is 24.6 Å². The Morgan fingerprint density at radius 2 is 1.48 bits per heavy atom. The number of hydrogen-bond acceptors (Lipinski definition) is 3. The zero-order chi connectivity index (χ0) is 17.1. The van der Waals surface area contributed by atoms with Gasteiger partial charge in [0.2, 0.25) is 0 Å². The Balaban J connectivity index is 1.72. The zero-order valence-corrected chi connectivity index (χ0v) is 14.1. The number of hydrogen-bond donors (Lipinski definition) is 1. The van der Waals surface area contributed by atoms with Gasteiger partial charge in [0.05, 0.1) is 5.52 Å². The van der Waals surface area contributed by atoms with E-state index in [1.807, 2.05) is 48.5 Å². The van der Waals surface area contributed by atoms with Crippen LogP contribution in [0.3, 0.4) is 0 Å². The first-order valence-corrected chi connectivity index (χ1v) is 8.41. The first kappa shape index (κ1) is 15.3. The predicted octanol–water partition coefficient (Wildman–Crippen LogP) is 5.22. The summed E-state index contributed by atoms with van der Waals surface area (Å²) in [7, 11) is 0. The van der Waals surface area contributed by atoms with E-state index in [1.165, 1.54) is 11.1 Å². The van der Waals surface area contributed by atoms with E-state index in [4.69, 9.17) is 9.97 Å². The van der Waals surface area contributed by atoms with Crippen LogP contribution in [0.1, 0.15) is 11.1 Å². The molecule has 4 aromatic rings. The number of aryl methyl sites for hydroxylation is 1. The Kier molecular flexibility index (Phi) is 4.13. The summed E-state index contributed by atoms with van der Waals surface area (Å²) in [4.78, 5) is 9.50. The van der Waals surface area contributed by atoms with Gasteiger partial charge in [-0.3, -0.25) is 0 Å². The number of nitrogens with one attached hydrogen (secondary N) is 1. The Labute approximate surface area is 147 Å². The second-order valence-corrected chi connectivity index (χ2v) is 6.12. The predicted molar refractivity (Wildman–Crippen MR) is 103 cm³/mol. The van der Waals surface area contributed by atoms with Gasteiger partial charge in [-0.25, -0.2) is 9.97 Å². The van der Waals surface area contributed by atoms with Crippen LogP contribution >= 0.6 is 0 Å². The molecule has 122 valence electrons. The summed E-state index contributed by atoms with van der Waals surface area (Å²) in [6.45, 7) is 2.83. The van der Waals surface area contributed by atoms with E-state index < -0.39 is 0 Å². The monoisotopic (exact) mass is 325 g/mol. The molecule has 1 N–H and O–H groups in total. The Morgan fingerprint density at radius 3 is 2.28 bits per heavy atom. The fraction of sp³-hybridized carbons (Fsp3) is 0.0909. The van der Waals surface area contributed by atoms with Gasteiger partial charge in [0.1, 0.15) is 5.82 Å². The van der Waals surface area contributed by atoms with Crippen LogP contribution in [0.2, 0.25) is 0 Å². The van der Waals surface area contributed by atoms with E-state index in [1.54, 1.807) is 0 Å². The van der Waals surface area contributed by atoms with E-state index in [0.717, 1.165) is 34.7 Å². The second kappa shape index (κ2) is 6.73. The summed E-state index contributed by atoms with van der Waals surface area (Å²) in [5.41, 5.74) is 4.46. The molecule has 1 heterocycles. The van der Waals surface area contributed by atoms with Crippen molar-refractivity contribution in [1.29, 1.82) is 0 Å². The first-order chi connectivity index (χ1) is 12.3. The van der Waals surface area contributed by atoms with Crippen molar-refractivity contribution in [3.8, 4) is 11.4 Å². The topological polar surface area (TPSA) is 37.8 Å². The molecule has 0 spiro atoms. The molecule has 0 unspecified atom stereocenters. The molecular weight excluding hydrogens is 306 g/mol. The van der Waals surface area contributed by atoms with Gasteiger partial charge < -0.3 is 5.32 Å². The van der Waals surface area contributed by atoms with Crippen LogP contribution in [0.5, 0.6) is 0 Å². The van der Waals surface area contributed by atoms with E-state index in [9.17, 15) is 0 Å². The molecule has 3 heteroatoms. The number of fused-ring (bicyclic) bond motifs is 1. The van der Waals surface area contributed by atoms with Gasteiger partial charge >= 0.3 is 0 Å². The Morgan fingerprint density at radius 1 is 0.760 bits per heavy atom. The molecular formula is C22H19N3. The van der Waals surface area contributed by atoms with Crippen molar-refractivity contribution in [3.63, 3.8) is 0 Å². The highest BCUT2D eigenvalue weighted by Crippen LogP contribution is 2.25. The molecule has 0 radical (unpaired) electrons. The van der Waals surface area contributed by atoms with Crippen molar-refractivity contribution >= 4 is 16.7 Å². The van der Waals surface area contributed by atoms with Crippen molar-refractivity contribution in [2.45, 2.75) is 13.5 Å². The van der Waals surface area contributed by atoms with Crippen molar-refractivity contribution in [1.82, 2.24) is 9.97 Å². The molecule has 3 nitrogen and oxygen atoms in total. The van der Waals surface area contributed by atoms with E-state index in [2.05, 4.69) is 42.6 Å². The third kappa shape index (κ3) is 3.36. The second-order valence-electron chi connectivity index (χ2n) is 6.12. The van der Waals surface area contributed by atoms with E-state index in [0.29, 0.717) is 0 Å². The number of nitrogens with zero attached hydrogens (tertiary/aromatic N) is 2. The molecule has 25 heavy (non-hydrogen) atoms. The molecule has 0 saturated carbocycles.